The van der Waals surface area contributed by atoms with Crippen LogP contribution in [-0.2, 0) is 11.2 Å². The standard InChI is InChI=1S/C16H26N4O2/c1-16(2)8-12-13(15(21)17-10-16)19-14(18-12)11-4-5-20(9-11)6-7-22-3/h11H,4-10H2,1-3H3,(H,17,21)(H,18,19)/t11-/m1/s1. The van der Waals surface area contributed by atoms with Crippen LogP contribution in [0.25, 0.3) is 0 Å². The van der Waals surface area contributed by atoms with E-state index in [-0.39, 0.29) is 11.3 Å². The second kappa shape index (κ2) is 6.01. The molecule has 22 heavy (non-hydrogen) atoms. The number of carbonyl (C=O) groups is 1. The van der Waals surface area contributed by atoms with Gasteiger partial charge in [0.05, 0.1) is 6.61 Å². The number of nitrogens with one attached hydrogen (secondary N) is 2. The van der Waals surface area contributed by atoms with E-state index in [0.29, 0.717) is 18.2 Å². The molecule has 2 aliphatic rings. The minimum atomic E-state index is -0.0442. The summed E-state index contributed by atoms with van der Waals surface area (Å²) in [4.78, 5) is 22.7. The number of aromatic amines is 1. The number of imidazole rings is 1. The molecule has 0 radical (unpaired) electrons. The number of fused-ring (bicyclic) bond motifs is 1. The average molecular weight is 306 g/mol. The molecular formula is C16H26N4O2. The predicted octanol–water partition coefficient (Wildman–Crippen LogP) is 1.16. The van der Waals surface area contributed by atoms with Crippen LogP contribution >= 0.6 is 0 Å². The largest absolute Gasteiger partial charge is 0.383 e. The van der Waals surface area contributed by atoms with Crippen LogP contribution in [0.5, 0.6) is 0 Å². The van der Waals surface area contributed by atoms with Gasteiger partial charge in [0.2, 0.25) is 0 Å². The number of rotatable bonds is 4. The first-order chi connectivity index (χ1) is 10.5. The Hall–Kier alpha value is -1.40. The van der Waals surface area contributed by atoms with Gasteiger partial charge in [-0.25, -0.2) is 4.98 Å². The number of aromatic nitrogens is 2. The number of likely N-dealkylation sites (tertiary alicyclic amines) is 1. The normalized spacial score (nSPS) is 24.9. The molecule has 1 aromatic heterocycles. The third-order valence-electron chi connectivity index (χ3n) is 4.67. The van der Waals surface area contributed by atoms with Crippen LogP contribution in [0.4, 0.5) is 0 Å². The van der Waals surface area contributed by atoms with E-state index >= 15 is 0 Å². The van der Waals surface area contributed by atoms with E-state index in [9.17, 15) is 4.79 Å². The minimum absolute atomic E-state index is 0.0442. The first-order valence-electron chi connectivity index (χ1n) is 8.07. The van der Waals surface area contributed by atoms with Crippen molar-refractivity contribution in [2.24, 2.45) is 5.41 Å². The molecule has 1 saturated heterocycles. The van der Waals surface area contributed by atoms with Gasteiger partial charge in [-0.2, -0.15) is 0 Å². The highest BCUT2D eigenvalue weighted by Crippen LogP contribution is 2.29. The van der Waals surface area contributed by atoms with Gasteiger partial charge in [0.15, 0.2) is 0 Å². The van der Waals surface area contributed by atoms with Crippen LogP contribution in [0.3, 0.4) is 0 Å². The summed E-state index contributed by atoms with van der Waals surface area (Å²) in [6, 6.07) is 0. The van der Waals surface area contributed by atoms with Gasteiger partial charge in [0, 0.05) is 38.4 Å². The van der Waals surface area contributed by atoms with Crippen molar-refractivity contribution in [3.05, 3.63) is 17.2 Å². The molecule has 2 aliphatic heterocycles. The highest BCUT2D eigenvalue weighted by atomic mass is 16.5. The van der Waals surface area contributed by atoms with Crippen molar-refractivity contribution in [2.45, 2.75) is 32.6 Å². The Balaban J connectivity index is 1.75. The number of amides is 1. The third kappa shape index (κ3) is 3.17. The van der Waals surface area contributed by atoms with Crippen molar-refractivity contribution in [1.82, 2.24) is 20.2 Å². The third-order valence-corrected chi connectivity index (χ3v) is 4.67. The lowest BCUT2D eigenvalue weighted by Crippen LogP contribution is -2.32. The Labute approximate surface area is 131 Å². The average Bonchev–Trinajstić information content (AvgIpc) is 3.07. The number of methoxy groups -OCH3 is 1. The quantitative estimate of drug-likeness (QED) is 0.876. The molecule has 0 spiro atoms. The number of nitrogens with zero attached hydrogens (tertiary/aromatic N) is 2. The summed E-state index contributed by atoms with van der Waals surface area (Å²) in [5.74, 6) is 1.31. The lowest BCUT2D eigenvalue weighted by atomic mass is 9.88. The second-order valence-electron chi connectivity index (χ2n) is 7.25. The minimum Gasteiger partial charge on any atom is -0.383 e. The predicted molar refractivity (Wildman–Crippen MR) is 84.1 cm³/mol. The smallest absolute Gasteiger partial charge is 0.271 e. The van der Waals surface area contributed by atoms with Gasteiger partial charge >= 0.3 is 0 Å². The number of H-pyrrole nitrogens is 1. The van der Waals surface area contributed by atoms with E-state index in [1.165, 1.54) is 0 Å². The molecule has 1 amide bonds. The first kappa shape index (κ1) is 15.5. The maximum absolute atomic E-state index is 12.2. The van der Waals surface area contributed by atoms with E-state index in [1.807, 2.05) is 0 Å². The van der Waals surface area contributed by atoms with Crippen LogP contribution in [0.1, 0.15) is 48.2 Å². The van der Waals surface area contributed by atoms with Gasteiger partial charge in [-0.15, -0.1) is 0 Å². The summed E-state index contributed by atoms with van der Waals surface area (Å²) < 4.78 is 5.14. The number of hydrogen-bond acceptors (Lipinski definition) is 4. The van der Waals surface area contributed by atoms with Crippen molar-refractivity contribution in [2.75, 3.05) is 39.9 Å². The van der Waals surface area contributed by atoms with E-state index in [4.69, 9.17) is 4.74 Å². The summed E-state index contributed by atoms with van der Waals surface area (Å²) in [6.45, 7) is 8.81. The van der Waals surface area contributed by atoms with Crippen LogP contribution < -0.4 is 5.32 Å². The van der Waals surface area contributed by atoms with Crippen molar-refractivity contribution in [3.63, 3.8) is 0 Å². The fraction of sp³-hybridized carbons (Fsp3) is 0.750. The molecule has 3 rings (SSSR count). The fourth-order valence-corrected chi connectivity index (χ4v) is 3.36. The Morgan fingerprint density at radius 1 is 1.45 bits per heavy atom. The molecule has 1 atom stereocenters. The van der Waals surface area contributed by atoms with Gasteiger partial charge in [0.25, 0.3) is 5.91 Å². The Bertz CT molecular complexity index is 552. The molecule has 6 nitrogen and oxygen atoms in total. The van der Waals surface area contributed by atoms with E-state index in [1.54, 1.807) is 7.11 Å². The van der Waals surface area contributed by atoms with Crippen molar-refractivity contribution in [3.8, 4) is 0 Å². The van der Waals surface area contributed by atoms with Gasteiger partial charge in [-0.1, -0.05) is 13.8 Å². The molecule has 6 heteroatoms. The van der Waals surface area contributed by atoms with E-state index < -0.39 is 0 Å². The molecule has 122 valence electrons. The number of ether oxygens (including phenoxy) is 1. The van der Waals surface area contributed by atoms with Crippen LogP contribution in [0.15, 0.2) is 0 Å². The van der Waals surface area contributed by atoms with Gasteiger partial charge < -0.3 is 19.9 Å². The maximum Gasteiger partial charge on any atom is 0.271 e. The Morgan fingerprint density at radius 2 is 2.27 bits per heavy atom. The molecule has 0 bridgehead atoms. The lowest BCUT2D eigenvalue weighted by Gasteiger charge is -2.21. The molecule has 1 aromatic rings. The van der Waals surface area contributed by atoms with Crippen molar-refractivity contribution >= 4 is 5.91 Å². The van der Waals surface area contributed by atoms with Gasteiger partial charge in [0.1, 0.15) is 11.5 Å². The highest BCUT2D eigenvalue weighted by Gasteiger charge is 2.32. The molecule has 0 aromatic carbocycles. The number of hydrogen-bond donors (Lipinski definition) is 2. The summed E-state index contributed by atoms with van der Waals surface area (Å²) >= 11 is 0. The van der Waals surface area contributed by atoms with Crippen molar-refractivity contribution < 1.29 is 9.53 Å². The molecule has 0 aliphatic carbocycles. The monoisotopic (exact) mass is 306 g/mol. The summed E-state index contributed by atoms with van der Waals surface area (Å²) in [5, 5.41) is 2.98. The number of carbonyl (C=O) groups excluding carboxylic acids is 1. The van der Waals surface area contributed by atoms with Crippen LogP contribution in [-0.4, -0.2) is 60.7 Å². The Kier molecular flexibility index (Phi) is 4.23. The SMILES string of the molecule is COCCN1CC[C@@H](c2nc3c([nH]2)CC(C)(C)CNC3=O)C1. The lowest BCUT2D eigenvalue weighted by molar-refractivity contribution is 0.0940. The topological polar surface area (TPSA) is 70.2 Å². The highest BCUT2D eigenvalue weighted by molar-refractivity contribution is 5.94. The molecular weight excluding hydrogens is 280 g/mol. The zero-order chi connectivity index (χ0) is 15.7. The summed E-state index contributed by atoms with van der Waals surface area (Å²) in [7, 11) is 1.73. The molecule has 0 saturated carbocycles. The van der Waals surface area contributed by atoms with Gasteiger partial charge in [-0.05, 0) is 24.8 Å². The van der Waals surface area contributed by atoms with Gasteiger partial charge in [-0.3, -0.25) is 4.79 Å². The van der Waals surface area contributed by atoms with Crippen molar-refractivity contribution in [1.29, 1.82) is 0 Å². The van der Waals surface area contributed by atoms with Crippen LogP contribution in [0.2, 0.25) is 0 Å². The molecule has 1 fully saturated rings. The van der Waals surface area contributed by atoms with E-state index in [2.05, 4.69) is 34.0 Å². The van der Waals surface area contributed by atoms with Crippen LogP contribution in [0, 0.1) is 5.41 Å². The molecule has 2 N–H and O–H groups in total. The molecule has 3 heterocycles. The summed E-state index contributed by atoms with van der Waals surface area (Å²) in [5.41, 5.74) is 1.64. The van der Waals surface area contributed by atoms with E-state index in [0.717, 1.165) is 50.6 Å². The fourth-order valence-electron chi connectivity index (χ4n) is 3.36. The zero-order valence-electron chi connectivity index (χ0n) is 13.7. The zero-order valence-corrected chi connectivity index (χ0v) is 13.7. The first-order valence-corrected chi connectivity index (χ1v) is 8.07. The maximum atomic E-state index is 12.2. The Morgan fingerprint density at radius 3 is 3.05 bits per heavy atom. The second-order valence-corrected chi connectivity index (χ2v) is 7.25. The molecule has 0 unspecified atom stereocenters. The summed E-state index contributed by atoms with van der Waals surface area (Å²) in [6.07, 6.45) is 1.94.